The van der Waals surface area contributed by atoms with Crippen LogP contribution >= 0.6 is 0 Å². The van der Waals surface area contributed by atoms with E-state index in [0.717, 1.165) is 26.1 Å². The molecule has 1 N–H and O–H groups in total. The fourth-order valence-corrected chi connectivity index (χ4v) is 1.51. The molecule has 1 heterocycles. The molecule has 2 heteroatoms. The molecule has 0 bridgehead atoms. The highest BCUT2D eigenvalue weighted by molar-refractivity contribution is 4.64. The van der Waals surface area contributed by atoms with E-state index >= 15 is 0 Å². The first-order chi connectivity index (χ1) is 5.29. The van der Waals surface area contributed by atoms with E-state index in [9.17, 15) is 0 Å². The lowest BCUT2D eigenvalue weighted by Crippen LogP contribution is -2.18. The summed E-state index contributed by atoms with van der Waals surface area (Å²) in [5.74, 6) is 0.707. The molecule has 0 saturated carbocycles. The van der Waals surface area contributed by atoms with E-state index in [-0.39, 0.29) is 6.10 Å². The second-order valence-electron chi connectivity index (χ2n) is 3.51. The van der Waals surface area contributed by atoms with Crippen LogP contribution in [-0.2, 0) is 4.74 Å². The average Bonchev–Trinajstić information content (AvgIpc) is 2.03. The first-order valence-corrected chi connectivity index (χ1v) is 4.55. The van der Waals surface area contributed by atoms with Crippen molar-refractivity contribution in [3.63, 3.8) is 0 Å². The van der Waals surface area contributed by atoms with Crippen molar-refractivity contribution in [2.75, 3.05) is 13.2 Å². The van der Waals surface area contributed by atoms with Gasteiger partial charge in [0.25, 0.3) is 0 Å². The second kappa shape index (κ2) is 4.73. The van der Waals surface area contributed by atoms with Crippen LogP contribution in [0.25, 0.3) is 0 Å². The van der Waals surface area contributed by atoms with E-state index in [1.807, 2.05) is 6.92 Å². The van der Waals surface area contributed by atoms with Crippen LogP contribution in [0.3, 0.4) is 0 Å². The second-order valence-corrected chi connectivity index (χ2v) is 3.51. The molecule has 66 valence electrons. The lowest BCUT2D eigenvalue weighted by Gasteiger charge is -2.22. The van der Waals surface area contributed by atoms with Gasteiger partial charge >= 0.3 is 0 Å². The Labute approximate surface area is 68.6 Å². The van der Waals surface area contributed by atoms with Crippen LogP contribution < -0.4 is 0 Å². The van der Waals surface area contributed by atoms with Crippen LogP contribution in [-0.4, -0.2) is 24.4 Å². The molecule has 2 unspecified atom stereocenters. The van der Waals surface area contributed by atoms with E-state index in [1.165, 1.54) is 12.8 Å². The highest BCUT2D eigenvalue weighted by Crippen LogP contribution is 2.19. The molecule has 1 rings (SSSR count). The zero-order valence-electron chi connectivity index (χ0n) is 7.25. The quantitative estimate of drug-likeness (QED) is 0.675. The molecule has 0 amide bonds. The van der Waals surface area contributed by atoms with Gasteiger partial charge in [-0.15, -0.1) is 0 Å². The van der Waals surface area contributed by atoms with Crippen LogP contribution in [0.2, 0.25) is 0 Å². The van der Waals surface area contributed by atoms with E-state index < -0.39 is 0 Å². The van der Waals surface area contributed by atoms with E-state index in [0.29, 0.717) is 5.92 Å². The maximum absolute atomic E-state index is 9.04. The van der Waals surface area contributed by atoms with E-state index in [1.54, 1.807) is 0 Å². The molecular formula is C9H18O2. The fourth-order valence-electron chi connectivity index (χ4n) is 1.51. The maximum atomic E-state index is 9.04. The first-order valence-electron chi connectivity index (χ1n) is 4.55. The SMILES string of the molecule is CC(O)CCC1CCCOC1. The maximum Gasteiger partial charge on any atom is 0.0512 e. The minimum Gasteiger partial charge on any atom is -0.393 e. The Bertz CT molecular complexity index is 95.7. The monoisotopic (exact) mass is 158 g/mol. The predicted octanol–water partition coefficient (Wildman–Crippen LogP) is 1.57. The molecule has 1 fully saturated rings. The van der Waals surface area contributed by atoms with Gasteiger partial charge in [-0.3, -0.25) is 0 Å². The number of aliphatic hydroxyl groups is 1. The van der Waals surface area contributed by atoms with Crippen LogP contribution in [0, 0.1) is 5.92 Å². The van der Waals surface area contributed by atoms with Crippen molar-refractivity contribution in [1.29, 1.82) is 0 Å². The lowest BCUT2D eigenvalue weighted by molar-refractivity contribution is 0.0453. The largest absolute Gasteiger partial charge is 0.393 e. The van der Waals surface area contributed by atoms with Crippen molar-refractivity contribution in [2.45, 2.75) is 38.7 Å². The van der Waals surface area contributed by atoms with Gasteiger partial charge in [0.1, 0.15) is 0 Å². The zero-order valence-corrected chi connectivity index (χ0v) is 7.25. The molecule has 1 aliphatic rings. The van der Waals surface area contributed by atoms with E-state index in [4.69, 9.17) is 9.84 Å². The first kappa shape index (κ1) is 9.01. The van der Waals surface area contributed by atoms with Crippen molar-refractivity contribution in [3.8, 4) is 0 Å². The van der Waals surface area contributed by atoms with Gasteiger partial charge in [-0.25, -0.2) is 0 Å². The standard InChI is InChI=1S/C9H18O2/c1-8(10)4-5-9-3-2-6-11-7-9/h8-10H,2-7H2,1H3. The van der Waals surface area contributed by atoms with Crippen LogP contribution in [0.15, 0.2) is 0 Å². The van der Waals surface area contributed by atoms with Crippen LogP contribution in [0.5, 0.6) is 0 Å². The van der Waals surface area contributed by atoms with E-state index in [2.05, 4.69) is 0 Å². The summed E-state index contributed by atoms with van der Waals surface area (Å²) < 4.78 is 5.33. The third-order valence-corrected chi connectivity index (χ3v) is 2.25. The molecule has 1 saturated heterocycles. The minimum absolute atomic E-state index is 0.142. The summed E-state index contributed by atoms with van der Waals surface area (Å²) in [7, 11) is 0. The smallest absolute Gasteiger partial charge is 0.0512 e. The third kappa shape index (κ3) is 3.73. The number of hydrogen-bond acceptors (Lipinski definition) is 2. The number of aliphatic hydroxyl groups excluding tert-OH is 1. The van der Waals surface area contributed by atoms with Gasteiger partial charge in [0.05, 0.1) is 6.10 Å². The zero-order chi connectivity index (χ0) is 8.10. The number of hydrogen-bond donors (Lipinski definition) is 1. The number of ether oxygens (including phenoxy) is 1. The molecule has 0 aromatic rings. The van der Waals surface area contributed by atoms with Gasteiger partial charge in [0.2, 0.25) is 0 Å². The Kier molecular flexibility index (Phi) is 3.87. The molecule has 2 nitrogen and oxygen atoms in total. The Hall–Kier alpha value is -0.0800. The molecule has 11 heavy (non-hydrogen) atoms. The Morgan fingerprint density at radius 3 is 3.00 bits per heavy atom. The summed E-state index contributed by atoms with van der Waals surface area (Å²) in [4.78, 5) is 0. The van der Waals surface area contributed by atoms with Gasteiger partial charge in [-0.2, -0.15) is 0 Å². The molecule has 2 atom stereocenters. The predicted molar refractivity (Wildman–Crippen MR) is 44.5 cm³/mol. The molecule has 0 aromatic heterocycles. The molecule has 1 aliphatic heterocycles. The van der Waals surface area contributed by atoms with Crippen LogP contribution in [0.1, 0.15) is 32.6 Å². The Balaban J connectivity index is 2.05. The third-order valence-electron chi connectivity index (χ3n) is 2.25. The van der Waals surface area contributed by atoms with Gasteiger partial charge in [0, 0.05) is 13.2 Å². The number of rotatable bonds is 3. The molecule has 0 aromatic carbocycles. The highest BCUT2D eigenvalue weighted by atomic mass is 16.5. The topological polar surface area (TPSA) is 29.5 Å². The van der Waals surface area contributed by atoms with Crippen LogP contribution in [0.4, 0.5) is 0 Å². The summed E-state index contributed by atoms with van der Waals surface area (Å²) in [6.07, 6.45) is 4.39. The van der Waals surface area contributed by atoms with Crippen molar-refractivity contribution in [2.24, 2.45) is 5.92 Å². The van der Waals surface area contributed by atoms with Gasteiger partial charge in [-0.1, -0.05) is 0 Å². The minimum atomic E-state index is -0.142. The normalized spacial score (nSPS) is 28.4. The lowest BCUT2D eigenvalue weighted by atomic mass is 9.96. The van der Waals surface area contributed by atoms with Crippen molar-refractivity contribution in [1.82, 2.24) is 0 Å². The van der Waals surface area contributed by atoms with Crippen molar-refractivity contribution >= 4 is 0 Å². The summed E-state index contributed by atoms with van der Waals surface area (Å²) in [5.41, 5.74) is 0. The molecule has 0 radical (unpaired) electrons. The van der Waals surface area contributed by atoms with Gasteiger partial charge in [0.15, 0.2) is 0 Å². The summed E-state index contributed by atoms with van der Waals surface area (Å²) in [6.45, 7) is 3.70. The molecular weight excluding hydrogens is 140 g/mol. The van der Waals surface area contributed by atoms with Crippen molar-refractivity contribution < 1.29 is 9.84 Å². The fraction of sp³-hybridized carbons (Fsp3) is 1.00. The Morgan fingerprint density at radius 1 is 1.64 bits per heavy atom. The summed E-state index contributed by atoms with van der Waals surface area (Å²) in [5, 5.41) is 9.04. The molecule has 0 aliphatic carbocycles. The molecule has 0 spiro atoms. The summed E-state index contributed by atoms with van der Waals surface area (Å²) >= 11 is 0. The Morgan fingerprint density at radius 2 is 2.45 bits per heavy atom. The average molecular weight is 158 g/mol. The summed E-state index contributed by atoms with van der Waals surface area (Å²) in [6, 6.07) is 0. The van der Waals surface area contributed by atoms with Crippen molar-refractivity contribution in [3.05, 3.63) is 0 Å². The van der Waals surface area contributed by atoms with Gasteiger partial charge < -0.3 is 9.84 Å². The highest BCUT2D eigenvalue weighted by Gasteiger charge is 2.13. The van der Waals surface area contributed by atoms with Gasteiger partial charge in [-0.05, 0) is 38.5 Å².